The molecule has 3 aromatic rings. The molecule has 0 unspecified atom stereocenters. The summed E-state index contributed by atoms with van der Waals surface area (Å²) >= 11 is 5.86. The third-order valence-corrected chi connectivity index (χ3v) is 3.13. The number of aromatic nitrogens is 2. The molecule has 0 atom stereocenters. The third-order valence-electron chi connectivity index (χ3n) is 2.84. The van der Waals surface area contributed by atoms with E-state index in [1.54, 1.807) is 0 Å². The van der Waals surface area contributed by atoms with Crippen molar-refractivity contribution in [2.24, 2.45) is 0 Å². The summed E-state index contributed by atoms with van der Waals surface area (Å²) in [5.41, 5.74) is -0.376. The second-order valence-electron chi connectivity index (χ2n) is 4.25. The molecule has 0 aliphatic heterocycles. The van der Waals surface area contributed by atoms with Crippen LogP contribution in [0.2, 0.25) is 5.15 Å². The van der Waals surface area contributed by atoms with Gasteiger partial charge in [0.1, 0.15) is 28.1 Å². The second kappa shape index (κ2) is 4.96. The number of benzene rings is 2. The van der Waals surface area contributed by atoms with Crippen molar-refractivity contribution in [2.75, 3.05) is 0 Å². The van der Waals surface area contributed by atoms with Gasteiger partial charge in [-0.3, -0.25) is 0 Å². The van der Waals surface area contributed by atoms with Crippen LogP contribution in [-0.2, 0) is 0 Å². The number of fused-ring (bicyclic) bond motifs is 1. The van der Waals surface area contributed by atoms with Crippen molar-refractivity contribution in [3.63, 3.8) is 0 Å². The van der Waals surface area contributed by atoms with Crippen molar-refractivity contribution in [3.8, 4) is 11.4 Å². The molecule has 0 amide bonds. The molecule has 0 saturated carbocycles. The molecule has 2 nitrogen and oxygen atoms in total. The molecule has 0 saturated heterocycles. The van der Waals surface area contributed by atoms with E-state index in [-0.39, 0.29) is 27.4 Å². The summed E-state index contributed by atoms with van der Waals surface area (Å²) in [7, 11) is 0. The van der Waals surface area contributed by atoms with E-state index in [1.165, 1.54) is 0 Å². The van der Waals surface area contributed by atoms with Gasteiger partial charge in [0.15, 0.2) is 11.6 Å². The first-order chi connectivity index (χ1) is 9.95. The first-order valence-electron chi connectivity index (χ1n) is 5.73. The van der Waals surface area contributed by atoms with E-state index in [4.69, 9.17) is 11.6 Å². The van der Waals surface area contributed by atoms with Crippen LogP contribution in [0.5, 0.6) is 0 Å². The quantitative estimate of drug-likeness (QED) is 0.488. The molecule has 3 rings (SSSR count). The van der Waals surface area contributed by atoms with Gasteiger partial charge in [0.25, 0.3) is 0 Å². The molecule has 1 heterocycles. The lowest BCUT2D eigenvalue weighted by Gasteiger charge is -2.06. The van der Waals surface area contributed by atoms with E-state index < -0.39 is 23.3 Å². The zero-order valence-electron chi connectivity index (χ0n) is 10.2. The SMILES string of the molecule is Fc1ccc(-c2nc(Cl)c3cc(F)cc(F)c3n2)c(F)c1. The molecule has 1 aromatic heterocycles. The highest BCUT2D eigenvalue weighted by atomic mass is 35.5. The first kappa shape index (κ1) is 13.8. The summed E-state index contributed by atoms with van der Waals surface area (Å²) in [6.07, 6.45) is 0. The summed E-state index contributed by atoms with van der Waals surface area (Å²) in [5, 5.41) is -0.252. The van der Waals surface area contributed by atoms with Crippen LogP contribution in [0.4, 0.5) is 17.6 Å². The molecule has 0 bridgehead atoms. The average Bonchev–Trinajstić information content (AvgIpc) is 2.40. The molecule has 7 heteroatoms. The number of hydrogen-bond acceptors (Lipinski definition) is 2. The van der Waals surface area contributed by atoms with Crippen LogP contribution in [0, 0.1) is 23.3 Å². The fraction of sp³-hybridized carbons (Fsp3) is 0. The van der Waals surface area contributed by atoms with Gasteiger partial charge in [-0.2, -0.15) is 0 Å². The Balaban J connectivity index is 2.30. The maximum atomic E-state index is 13.7. The van der Waals surface area contributed by atoms with Gasteiger partial charge in [0.2, 0.25) is 0 Å². The zero-order valence-corrected chi connectivity index (χ0v) is 10.9. The first-order valence-corrected chi connectivity index (χ1v) is 6.11. The monoisotopic (exact) mass is 312 g/mol. The van der Waals surface area contributed by atoms with Crippen LogP contribution >= 0.6 is 11.6 Å². The molecule has 21 heavy (non-hydrogen) atoms. The zero-order chi connectivity index (χ0) is 15.1. The lowest BCUT2D eigenvalue weighted by atomic mass is 10.1. The predicted molar refractivity (Wildman–Crippen MR) is 69.8 cm³/mol. The molecule has 0 N–H and O–H groups in total. The van der Waals surface area contributed by atoms with Gasteiger partial charge in [-0.25, -0.2) is 27.5 Å². The average molecular weight is 313 g/mol. The van der Waals surface area contributed by atoms with Crippen molar-refractivity contribution >= 4 is 22.5 Å². The summed E-state index contributed by atoms with van der Waals surface area (Å²) in [6, 6.07) is 4.39. The van der Waals surface area contributed by atoms with E-state index in [9.17, 15) is 17.6 Å². The lowest BCUT2D eigenvalue weighted by Crippen LogP contribution is -1.97. The third kappa shape index (κ3) is 2.42. The van der Waals surface area contributed by atoms with Crippen LogP contribution in [-0.4, -0.2) is 9.97 Å². The van der Waals surface area contributed by atoms with Crippen molar-refractivity contribution in [1.29, 1.82) is 0 Å². The van der Waals surface area contributed by atoms with Gasteiger partial charge in [0, 0.05) is 17.5 Å². The van der Waals surface area contributed by atoms with E-state index >= 15 is 0 Å². The Kier molecular flexibility index (Phi) is 3.25. The number of nitrogens with zero attached hydrogens (tertiary/aromatic N) is 2. The Hall–Kier alpha value is -2.21. The lowest BCUT2D eigenvalue weighted by molar-refractivity contribution is 0.584. The van der Waals surface area contributed by atoms with Gasteiger partial charge in [0.05, 0.1) is 5.56 Å². The van der Waals surface area contributed by atoms with Crippen molar-refractivity contribution in [1.82, 2.24) is 9.97 Å². The second-order valence-corrected chi connectivity index (χ2v) is 4.60. The van der Waals surface area contributed by atoms with Gasteiger partial charge in [-0.15, -0.1) is 0 Å². The number of rotatable bonds is 1. The maximum absolute atomic E-state index is 13.7. The highest BCUT2D eigenvalue weighted by Crippen LogP contribution is 2.28. The van der Waals surface area contributed by atoms with Crippen molar-refractivity contribution in [3.05, 3.63) is 58.8 Å². The maximum Gasteiger partial charge on any atom is 0.164 e. The Morgan fingerprint density at radius 1 is 0.810 bits per heavy atom. The van der Waals surface area contributed by atoms with Crippen LogP contribution in [0.15, 0.2) is 30.3 Å². The van der Waals surface area contributed by atoms with Gasteiger partial charge < -0.3 is 0 Å². The minimum atomic E-state index is -0.946. The largest absolute Gasteiger partial charge is 0.225 e. The molecule has 106 valence electrons. The molecule has 0 aliphatic carbocycles. The molecule has 0 fully saturated rings. The Morgan fingerprint density at radius 3 is 2.24 bits per heavy atom. The molecule has 0 aliphatic rings. The number of hydrogen-bond donors (Lipinski definition) is 0. The topological polar surface area (TPSA) is 25.8 Å². The van der Waals surface area contributed by atoms with Crippen LogP contribution in [0.3, 0.4) is 0 Å². The Morgan fingerprint density at radius 2 is 1.52 bits per heavy atom. The summed E-state index contributed by atoms with van der Waals surface area (Å²) < 4.78 is 53.5. The van der Waals surface area contributed by atoms with Crippen molar-refractivity contribution in [2.45, 2.75) is 0 Å². The number of halogens is 5. The summed E-state index contributed by atoms with van der Waals surface area (Å²) in [6.45, 7) is 0. The van der Waals surface area contributed by atoms with E-state index in [0.29, 0.717) is 12.1 Å². The minimum Gasteiger partial charge on any atom is -0.225 e. The van der Waals surface area contributed by atoms with Crippen LogP contribution in [0.1, 0.15) is 0 Å². The summed E-state index contributed by atoms with van der Waals surface area (Å²) in [4.78, 5) is 7.64. The van der Waals surface area contributed by atoms with Crippen LogP contribution < -0.4 is 0 Å². The molecule has 0 spiro atoms. The fourth-order valence-electron chi connectivity index (χ4n) is 1.91. The van der Waals surface area contributed by atoms with E-state index in [2.05, 4.69) is 9.97 Å². The normalized spacial score (nSPS) is 11.1. The highest BCUT2D eigenvalue weighted by molar-refractivity contribution is 6.34. The molecular weight excluding hydrogens is 308 g/mol. The smallest absolute Gasteiger partial charge is 0.164 e. The predicted octanol–water partition coefficient (Wildman–Crippen LogP) is 4.51. The van der Waals surface area contributed by atoms with Gasteiger partial charge in [-0.05, 0) is 18.2 Å². The van der Waals surface area contributed by atoms with Crippen molar-refractivity contribution < 1.29 is 17.6 Å². The summed E-state index contributed by atoms with van der Waals surface area (Å²) in [5.74, 6) is -3.66. The Bertz CT molecular complexity index is 867. The Labute approximate surface area is 121 Å². The standard InChI is InChI=1S/C14H5ClF4N2/c15-13-9-3-7(17)5-11(19)12(9)20-14(21-13)8-2-1-6(16)4-10(8)18/h1-5H. The van der Waals surface area contributed by atoms with Gasteiger partial charge in [-0.1, -0.05) is 11.6 Å². The molecular formula is C14H5ClF4N2. The van der Waals surface area contributed by atoms with Gasteiger partial charge >= 0.3 is 0 Å². The van der Waals surface area contributed by atoms with Crippen LogP contribution in [0.25, 0.3) is 22.3 Å². The van der Waals surface area contributed by atoms with E-state index in [0.717, 1.165) is 18.2 Å². The molecule has 2 aromatic carbocycles. The van der Waals surface area contributed by atoms with E-state index in [1.807, 2.05) is 0 Å². The molecule has 0 radical (unpaired) electrons. The fourth-order valence-corrected chi connectivity index (χ4v) is 2.14. The highest BCUT2D eigenvalue weighted by Gasteiger charge is 2.15. The minimum absolute atomic E-state index is 0.0274.